The first-order chi connectivity index (χ1) is 10.8. The molecule has 2 aromatic heterocycles. The van der Waals surface area contributed by atoms with Crippen LogP contribution in [0.1, 0.15) is 5.56 Å². The largest absolute Gasteiger partial charge is 0.256 e. The molecule has 0 atom stereocenters. The topological polar surface area (TPSA) is 30.7 Å². The quantitative estimate of drug-likeness (QED) is 0.546. The molecule has 3 nitrogen and oxygen atoms in total. The highest BCUT2D eigenvalue weighted by Gasteiger charge is 2.10. The Morgan fingerprint density at radius 3 is 2.45 bits per heavy atom. The van der Waals surface area contributed by atoms with Crippen LogP contribution >= 0.6 is 0 Å². The van der Waals surface area contributed by atoms with E-state index in [4.69, 9.17) is 0 Å². The fourth-order valence-electron chi connectivity index (χ4n) is 2.68. The van der Waals surface area contributed by atoms with Gasteiger partial charge in [0.05, 0.1) is 23.1 Å². The number of hydrogen-bond acceptors (Lipinski definition) is 2. The van der Waals surface area contributed by atoms with Crippen LogP contribution in [0.2, 0.25) is 0 Å². The second-order valence-electron chi connectivity index (χ2n) is 5.35. The Morgan fingerprint density at radius 2 is 1.68 bits per heavy atom. The van der Waals surface area contributed by atoms with Gasteiger partial charge in [0.2, 0.25) is 0 Å². The lowest BCUT2D eigenvalue weighted by molar-refractivity contribution is 0.911. The minimum atomic E-state index is 0.976. The number of rotatable bonds is 2. The summed E-state index contributed by atoms with van der Waals surface area (Å²) in [6.45, 7) is 2.05. The number of hydrogen-bond donors (Lipinski definition) is 0. The third-order valence-corrected chi connectivity index (χ3v) is 3.80. The maximum Gasteiger partial charge on any atom is 0.0747 e. The molecule has 0 saturated heterocycles. The van der Waals surface area contributed by atoms with Gasteiger partial charge in [0, 0.05) is 17.1 Å². The number of para-hydroxylation sites is 1. The molecule has 0 N–H and O–H groups in total. The third kappa shape index (κ3) is 2.07. The summed E-state index contributed by atoms with van der Waals surface area (Å²) >= 11 is 0. The normalized spacial score (nSPS) is 11.0. The molecule has 0 unspecified atom stereocenters. The van der Waals surface area contributed by atoms with Gasteiger partial charge < -0.3 is 0 Å². The highest BCUT2D eigenvalue weighted by Crippen LogP contribution is 2.28. The summed E-state index contributed by atoms with van der Waals surface area (Å²) in [5, 5.41) is 5.67. The van der Waals surface area contributed by atoms with Crippen molar-refractivity contribution in [2.75, 3.05) is 0 Å². The molecule has 4 rings (SSSR count). The van der Waals surface area contributed by atoms with Crippen LogP contribution in [0.4, 0.5) is 0 Å². The maximum absolute atomic E-state index is 4.56. The van der Waals surface area contributed by atoms with Crippen LogP contribution in [0.15, 0.2) is 73.1 Å². The first-order valence-electron chi connectivity index (χ1n) is 7.28. The second kappa shape index (κ2) is 5.11. The van der Waals surface area contributed by atoms with Crippen LogP contribution in [0, 0.1) is 6.92 Å². The number of aromatic nitrogens is 3. The zero-order valence-corrected chi connectivity index (χ0v) is 12.3. The monoisotopic (exact) mass is 285 g/mol. The first-order valence-corrected chi connectivity index (χ1v) is 7.28. The van der Waals surface area contributed by atoms with E-state index >= 15 is 0 Å². The standard InChI is InChI=1S/C19H15N3/c1-14-10-11-18(20-12-14)16-8-5-9-19-17(16)13-21-22(19)15-6-3-2-4-7-15/h2-13H,1H3. The minimum absolute atomic E-state index is 0.976. The van der Waals surface area contributed by atoms with E-state index in [0.29, 0.717) is 0 Å². The molecule has 22 heavy (non-hydrogen) atoms. The molecule has 0 aliphatic rings. The Labute approximate surface area is 128 Å². The molecular weight excluding hydrogens is 270 g/mol. The van der Waals surface area contributed by atoms with Gasteiger partial charge in [-0.15, -0.1) is 0 Å². The highest BCUT2D eigenvalue weighted by molar-refractivity contribution is 5.94. The van der Waals surface area contributed by atoms with Gasteiger partial charge in [-0.3, -0.25) is 4.98 Å². The average Bonchev–Trinajstić information content (AvgIpc) is 3.00. The maximum atomic E-state index is 4.56. The first kappa shape index (κ1) is 12.8. The lowest BCUT2D eigenvalue weighted by atomic mass is 10.1. The Kier molecular flexibility index (Phi) is 2.97. The van der Waals surface area contributed by atoms with E-state index in [0.717, 1.165) is 33.4 Å². The molecule has 0 bridgehead atoms. The Morgan fingerprint density at radius 1 is 0.818 bits per heavy atom. The van der Waals surface area contributed by atoms with E-state index in [1.54, 1.807) is 0 Å². The predicted octanol–water partition coefficient (Wildman–Crippen LogP) is 4.40. The number of fused-ring (bicyclic) bond motifs is 1. The number of pyridine rings is 1. The molecule has 0 fully saturated rings. The van der Waals surface area contributed by atoms with E-state index in [1.165, 1.54) is 0 Å². The molecule has 3 heteroatoms. The molecular formula is C19H15N3. The Bertz CT molecular complexity index is 922. The molecule has 106 valence electrons. The molecule has 2 heterocycles. The Balaban J connectivity index is 1.92. The van der Waals surface area contributed by atoms with E-state index in [-0.39, 0.29) is 0 Å². The van der Waals surface area contributed by atoms with Gasteiger partial charge in [-0.05, 0) is 36.8 Å². The van der Waals surface area contributed by atoms with E-state index < -0.39 is 0 Å². The summed E-state index contributed by atoms with van der Waals surface area (Å²) in [5.74, 6) is 0. The van der Waals surface area contributed by atoms with Crippen molar-refractivity contribution in [3.05, 3.63) is 78.6 Å². The van der Waals surface area contributed by atoms with Crippen LogP contribution in [-0.4, -0.2) is 14.8 Å². The van der Waals surface area contributed by atoms with Crippen molar-refractivity contribution >= 4 is 10.9 Å². The number of nitrogens with zero attached hydrogens (tertiary/aromatic N) is 3. The van der Waals surface area contributed by atoms with Crippen molar-refractivity contribution in [3.63, 3.8) is 0 Å². The van der Waals surface area contributed by atoms with Crippen LogP contribution < -0.4 is 0 Å². The van der Waals surface area contributed by atoms with Crippen molar-refractivity contribution in [2.24, 2.45) is 0 Å². The molecule has 2 aromatic carbocycles. The third-order valence-electron chi connectivity index (χ3n) is 3.80. The van der Waals surface area contributed by atoms with Crippen molar-refractivity contribution in [1.29, 1.82) is 0 Å². The smallest absolute Gasteiger partial charge is 0.0747 e. The van der Waals surface area contributed by atoms with Crippen molar-refractivity contribution in [2.45, 2.75) is 6.92 Å². The van der Waals surface area contributed by atoms with E-state index in [2.05, 4.69) is 52.5 Å². The Hall–Kier alpha value is -2.94. The van der Waals surface area contributed by atoms with Gasteiger partial charge in [0.25, 0.3) is 0 Å². The summed E-state index contributed by atoms with van der Waals surface area (Å²) in [4.78, 5) is 4.54. The zero-order valence-electron chi connectivity index (χ0n) is 12.3. The molecule has 0 spiro atoms. The molecule has 0 aliphatic heterocycles. The second-order valence-corrected chi connectivity index (χ2v) is 5.35. The van der Waals surface area contributed by atoms with E-state index in [9.17, 15) is 0 Å². The van der Waals surface area contributed by atoms with Crippen LogP contribution in [0.3, 0.4) is 0 Å². The van der Waals surface area contributed by atoms with Gasteiger partial charge in [-0.2, -0.15) is 5.10 Å². The van der Waals surface area contributed by atoms with Gasteiger partial charge >= 0.3 is 0 Å². The van der Waals surface area contributed by atoms with Gasteiger partial charge in [-0.1, -0.05) is 36.4 Å². The van der Waals surface area contributed by atoms with Crippen LogP contribution in [0.25, 0.3) is 27.8 Å². The molecule has 0 amide bonds. The lowest BCUT2D eigenvalue weighted by Crippen LogP contribution is -1.95. The highest BCUT2D eigenvalue weighted by atomic mass is 15.3. The zero-order chi connectivity index (χ0) is 14.9. The lowest BCUT2D eigenvalue weighted by Gasteiger charge is -2.05. The number of aryl methyl sites for hydroxylation is 1. The van der Waals surface area contributed by atoms with Gasteiger partial charge in [0.15, 0.2) is 0 Å². The molecule has 0 radical (unpaired) electrons. The fraction of sp³-hybridized carbons (Fsp3) is 0.0526. The van der Waals surface area contributed by atoms with Crippen LogP contribution in [0.5, 0.6) is 0 Å². The van der Waals surface area contributed by atoms with Crippen LogP contribution in [-0.2, 0) is 0 Å². The molecule has 0 aliphatic carbocycles. The molecule has 0 saturated carbocycles. The summed E-state index contributed by atoms with van der Waals surface area (Å²) in [7, 11) is 0. The fourth-order valence-corrected chi connectivity index (χ4v) is 2.68. The molecule has 4 aromatic rings. The van der Waals surface area contributed by atoms with Gasteiger partial charge in [-0.25, -0.2) is 4.68 Å². The summed E-state index contributed by atoms with van der Waals surface area (Å²) in [6, 6.07) is 20.6. The van der Waals surface area contributed by atoms with Crippen molar-refractivity contribution in [3.8, 4) is 16.9 Å². The summed E-state index contributed by atoms with van der Waals surface area (Å²) in [6.07, 6.45) is 3.81. The number of benzene rings is 2. The van der Waals surface area contributed by atoms with Crippen molar-refractivity contribution in [1.82, 2.24) is 14.8 Å². The minimum Gasteiger partial charge on any atom is -0.256 e. The van der Waals surface area contributed by atoms with Crippen molar-refractivity contribution < 1.29 is 0 Å². The summed E-state index contributed by atoms with van der Waals surface area (Å²) < 4.78 is 1.97. The van der Waals surface area contributed by atoms with E-state index in [1.807, 2.05) is 42.2 Å². The van der Waals surface area contributed by atoms with Gasteiger partial charge in [0.1, 0.15) is 0 Å². The SMILES string of the molecule is Cc1ccc(-c2cccc3c2cnn3-c2ccccc2)nc1. The summed E-state index contributed by atoms with van der Waals surface area (Å²) in [5.41, 5.74) is 5.40. The average molecular weight is 285 g/mol. The predicted molar refractivity (Wildman–Crippen MR) is 89.0 cm³/mol.